The molecule has 0 radical (unpaired) electrons. The molecule has 0 saturated heterocycles. The summed E-state index contributed by atoms with van der Waals surface area (Å²) in [5.74, 6) is 0. The van der Waals surface area contributed by atoms with Gasteiger partial charge in [0.25, 0.3) is 0 Å². The number of aromatic nitrogens is 2. The summed E-state index contributed by atoms with van der Waals surface area (Å²) in [4.78, 5) is 2.46. The maximum Gasteiger partial charge on any atom is 0.0496 e. The normalized spacial score (nSPS) is 10.8. The van der Waals surface area contributed by atoms with Crippen molar-refractivity contribution in [1.82, 2.24) is 9.13 Å². The van der Waals surface area contributed by atoms with Gasteiger partial charge < -0.3 is 14.0 Å². The molecular weight excluding hydrogens is 991 g/mol. The van der Waals surface area contributed by atoms with Crippen LogP contribution in [0, 0.1) is 13.8 Å². The highest BCUT2D eigenvalue weighted by Crippen LogP contribution is 2.43. The van der Waals surface area contributed by atoms with Crippen LogP contribution in [0.1, 0.15) is 193 Å². The number of hydrogen-bond donors (Lipinski definition) is 0. The maximum atomic E-state index is 2.46. The van der Waals surface area contributed by atoms with Gasteiger partial charge >= 0.3 is 0 Å². The molecule has 3 heterocycles. The van der Waals surface area contributed by atoms with Gasteiger partial charge in [-0.3, -0.25) is 0 Å². The van der Waals surface area contributed by atoms with Crippen molar-refractivity contribution in [3.8, 4) is 0 Å². The predicted molar refractivity (Wildman–Crippen MR) is 376 cm³/mol. The van der Waals surface area contributed by atoms with E-state index >= 15 is 0 Å². The molecule has 2 aromatic heterocycles. The molecule has 0 amide bonds. The zero-order chi connectivity index (χ0) is 62.2. The number of nitrogens with zero attached hydrogens (tertiary/aromatic N) is 3. The molecule has 0 spiro atoms. The topological polar surface area (TPSA) is 13.1 Å². The molecule has 3 nitrogen and oxygen atoms in total. The van der Waals surface area contributed by atoms with E-state index < -0.39 is 0 Å². The van der Waals surface area contributed by atoms with Crippen molar-refractivity contribution < 1.29 is 0 Å². The lowest BCUT2D eigenvalue weighted by molar-refractivity contribution is 0.423. The summed E-state index contributed by atoms with van der Waals surface area (Å²) in [6.07, 6.45) is 3.33. The van der Waals surface area contributed by atoms with Gasteiger partial charge in [-0.25, -0.2) is 0 Å². The van der Waals surface area contributed by atoms with E-state index in [0.29, 0.717) is 0 Å². The van der Waals surface area contributed by atoms with E-state index in [2.05, 4.69) is 298 Å². The first-order valence-corrected chi connectivity index (χ1v) is 31.5. The van der Waals surface area contributed by atoms with Gasteiger partial charge in [0, 0.05) is 78.0 Å². The predicted octanol–water partition coefficient (Wildman–Crippen LogP) is 24.9. The average Bonchev–Trinajstić information content (AvgIpc) is 4.26. The molecule has 0 bridgehead atoms. The Bertz CT molecular complexity index is 2980. The number of fused-ring (bicyclic) bond motifs is 8. The van der Waals surface area contributed by atoms with Crippen LogP contribution in [-0.2, 0) is 30.3 Å². The first-order valence-electron chi connectivity index (χ1n) is 31.5. The molecule has 0 aliphatic carbocycles. The molecule has 11 rings (SSSR count). The van der Waals surface area contributed by atoms with Crippen molar-refractivity contribution >= 4 is 55.0 Å². The number of anilines is 2. The highest BCUT2D eigenvalue weighted by atomic mass is 15.2. The van der Waals surface area contributed by atoms with E-state index in [4.69, 9.17) is 0 Å². The molecular formula is C79H113N3. The van der Waals surface area contributed by atoms with Gasteiger partial charge in [0.05, 0.1) is 0 Å². The molecule has 3 heteroatoms. The van der Waals surface area contributed by atoms with Gasteiger partial charge in [0.1, 0.15) is 0 Å². The van der Waals surface area contributed by atoms with Gasteiger partial charge in [0.2, 0.25) is 0 Å². The second-order valence-corrected chi connectivity index (χ2v) is 21.6. The molecule has 0 N–H and O–H groups in total. The molecule has 0 unspecified atom stereocenters. The Kier molecular flexibility index (Phi) is 33.3. The van der Waals surface area contributed by atoms with Crippen LogP contribution >= 0.6 is 0 Å². The van der Waals surface area contributed by atoms with Gasteiger partial charge in [-0.15, -0.1) is 0 Å². The fourth-order valence-corrected chi connectivity index (χ4v) is 10.1. The number of benzene rings is 8. The fourth-order valence-electron chi connectivity index (χ4n) is 10.1. The highest BCUT2D eigenvalue weighted by molar-refractivity contribution is 6.09. The van der Waals surface area contributed by atoms with Gasteiger partial charge in [-0.2, -0.15) is 0 Å². The van der Waals surface area contributed by atoms with E-state index in [9.17, 15) is 0 Å². The van der Waals surface area contributed by atoms with Crippen molar-refractivity contribution in [3.05, 3.63) is 228 Å². The third kappa shape index (κ3) is 19.7. The lowest BCUT2D eigenvalue weighted by atomic mass is 9.91. The monoisotopic (exact) mass is 1100 g/mol. The molecule has 1 aliphatic rings. The molecule has 0 saturated carbocycles. The van der Waals surface area contributed by atoms with Gasteiger partial charge in [-0.05, 0) is 159 Å². The van der Waals surface area contributed by atoms with Crippen molar-refractivity contribution in [1.29, 1.82) is 0 Å². The Hall–Kier alpha value is -6.84. The second kappa shape index (κ2) is 37.3. The zero-order valence-electron chi connectivity index (χ0n) is 56.4. The first kappa shape index (κ1) is 73.2. The number of para-hydroxylation sites is 6. The SMILES string of the molecule is CC.CC.CC.CC.CC.CC.CC(C)(C)N1c2ccccc2Cc2ccccc21.CC(C)(C)n1c2ccccc2c2ccccc21.CC(C)(C)n1c2ccccc2c2ccccc21.CCc1ccccc1C.CCc1ccccc1C. The molecule has 1 aliphatic heterocycles. The Labute approximate surface area is 502 Å². The molecule has 0 atom stereocenters. The van der Waals surface area contributed by atoms with E-state index in [0.717, 1.165) is 19.3 Å². The molecule has 444 valence electrons. The summed E-state index contributed by atoms with van der Waals surface area (Å²) in [5.41, 5.74) is 16.8. The lowest BCUT2D eigenvalue weighted by Gasteiger charge is -2.42. The second-order valence-electron chi connectivity index (χ2n) is 21.6. The van der Waals surface area contributed by atoms with Crippen molar-refractivity contribution in [2.24, 2.45) is 0 Å². The lowest BCUT2D eigenvalue weighted by Crippen LogP contribution is -2.40. The molecule has 10 aromatic rings. The van der Waals surface area contributed by atoms with E-state index in [1.165, 1.54) is 88.4 Å². The van der Waals surface area contributed by atoms with Crippen LogP contribution in [0.4, 0.5) is 11.4 Å². The quantitative estimate of drug-likeness (QED) is 0.168. The van der Waals surface area contributed by atoms with Crippen LogP contribution in [0.15, 0.2) is 194 Å². The van der Waals surface area contributed by atoms with E-state index in [1.54, 1.807) is 0 Å². The average molecular weight is 1100 g/mol. The fraction of sp³-hybridized carbons (Fsp3) is 0.392. The Morgan fingerprint density at radius 2 is 0.524 bits per heavy atom. The van der Waals surface area contributed by atoms with Crippen molar-refractivity contribution in [2.45, 2.75) is 209 Å². The van der Waals surface area contributed by atoms with Gasteiger partial charge in [0.15, 0.2) is 0 Å². The summed E-state index contributed by atoms with van der Waals surface area (Å²) < 4.78 is 4.86. The van der Waals surface area contributed by atoms with Crippen molar-refractivity contribution in [2.75, 3.05) is 4.90 Å². The highest BCUT2D eigenvalue weighted by Gasteiger charge is 2.30. The Morgan fingerprint density at radius 3 is 0.756 bits per heavy atom. The van der Waals surface area contributed by atoms with Crippen LogP contribution in [-0.4, -0.2) is 14.7 Å². The third-order valence-corrected chi connectivity index (χ3v) is 13.3. The van der Waals surface area contributed by atoms with Crippen LogP contribution in [0.25, 0.3) is 43.6 Å². The van der Waals surface area contributed by atoms with Crippen LogP contribution in [0.2, 0.25) is 0 Å². The summed E-state index contributed by atoms with van der Waals surface area (Å²) in [6.45, 7) is 53.0. The van der Waals surface area contributed by atoms with E-state index in [1.807, 2.05) is 83.1 Å². The summed E-state index contributed by atoms with van der Waals surface area (Å²) in [6, 6.07) is 69.0. The first-order chi connectivity index (χ1) is 39.4. The van der Waals surface area contributed by atoms with E-state index in [-0.39, 0.29) is 16.6 Å². The minimum absolute atomic E-state index is 0.0899. The zero-order valence-corrected chi connectivity index (χ0v) is 56.4. The third-order valence-electron chi connectivity index (χ3n) is 13.3. The molecule has 8 aromatic carbocycles. The smallest absolute Gasteiger partial charge is 0.0496 e. The largest absolute Gasteiger partial charge is 0.336 e. The standard InChI is InChI=1S/C17H19N.2C16H17N.2C9H12.6C2H6/c1-17(2,3)18-15-10-6-4-8-13(15)12-14-9-5-7-11-16(14)18;2*1-16(2,3)17-14-10-6-4-8-12(14)13-9-5-7-11-15(13)17;2*1-3-9-7-5-4-6-8(9)2;6*1-2/h4-11H,12H2,1-3H3;2*4-11H,1-3H3;2*4-7H,3H2,1-2H3;6*1-2H3. The number of aryl methyl sites for hydroxylation is 4. The van der Waals surface area contributed by atoms with Crippen molar-refractivity contribution in [3.63, 3.8) is 0 Å². The Morgan fingerprint density at radius 1 is 0.293 bits per heavy atom. The minimum atomic E-state index is 0.0899. The van der Waals surface area contributed by atoms with Crippen LogP contribution in [0.3, 0.4) is 0 Å². The van der Waals surface area contributed by atoms with Crippen LogP contribution in [0.5, 0.6) is 0 Å². The Balaban J connectivity index is 0.000000500. The van der Waals surface area contributed by atoms with Gasteiger partial charge in [-0.1, -0.05) is 255 Å². The number of hydrogen-bond acceptors (Lipinski definition) is 1. The molecule has 0 fully saturated rings. The maximum absolute atomic E-state index is 2.46. The summed E-state index contributed by atoms with van der Waals surface area (Å²) in [5, 5.41) is 5.38. The number of rotatable bonds is 2. The minimum Gasteiger partial charge on any atom is -0.336 e. The van der Waals surface area contributed by atoms with Crippen LogP contribution < -0.4 is 4.90 Å². The summed E-state index contributed by atoms with van der Waals surface area (Å²) >= 11 is 0. The molecule has 82 heavy (non-hydrogen) atoms. The summed E-state index contributed by atoms with van der Waals surface area (Å²) in [7, 11) is 0.